The van der Waals surface area contributed by atoms with Gasteiger partial charge in [0.1, 0.15) is 0 Å². The molecule has 0 aromatic heterocycles. The normalized spacial score (nSPS) is 18.9. The summed E-state index contributed by atoms with van der Waals surface area (Å²) in [5, 5.41) is 9.40. The average Bonchev–Trinajstić information content (AvgIpc) is 2.70. The number of hydrogen-bond acceptors (Lipinski definition) is 3. The van der Waals surface area contributed by atoms with Gasteiger partial charge in [0.05, 0.1) is 0 Å². The molecule has 0 unspecified atom stereocenters. The molecule has 0 spiro atoms. The second-order valence-corrected chi connectivity index (χ2v) is 7.21. The van der Waals surface area contributed by atoms with Crippen LogP contribution in [0.5, 0.6) is 0 Å². The third-order valence-corrected chi connectivity index (χ3v) is 5.21. The summed E-state index contributed by atoms with van der Waals surface area (Å²) >= 11 is 5.31. The Kier molecular flexibility index (Phi) is 5.07. The Labute approximate surface area is 159 Å². The molecule has 2 N–H and O–H groups in total. The fraction of sp³-hybridized carbons (Fsp3) is 0.286. The van der Waals surface area contributed by atoms with Crippen molar-refractivity contribution in [1.82, 2.24) is 10.9 Å². The van der Waals surface area contributed by atoms with Gasteiger partial charge in [0.25, 0.3) is 0 Å². The molecular weight excluding hydrogens is 340 g/mol. The molecule has 2 aliphatic carbocycles. The quantitative estimate of drug-likeness (QED) is 0.635. The number of fused-ring (bicyclic) bond motifs is 2. The van der Waals surface area contributed by atoms with Crippen LogP contribution in [0.15, 0.2) is 58.7 Å². The van der Waals surface area contributed by atoms with E-state index in [1.165, 1.54) is 22.3 Å². The first kappa shape index (κ1) is 16.9. The van der Waals surface area contributed by atoms with E-state index in [1.54, 1.807) is 0 Å². The lowest BCUT2D eigenvalue weighted by molar-refractivity contribution is 0.866. The Bertz CT molecular complexity index is 814. The zero-order chi connectivity index (χ0) is 17.8. The molecule has 0 heterocycles. The fourth-order valence-corrected chi connectivity index (χ4v) is 3.69. The van der Waals surface area contributed by atoms with E-state index in [0.29, 0.717) is 5.11 Å². The molecular formula is C21H22N4S. The van der Waals surface area contributed by atoms with Gasteiger partial charge in [0.2, 0.25) is 5.11 Å². The topological polar surface area (TPSA) is 48.8 Å². The first-order valence-corrected chi connectivity index (χ1v) is 9.49. The van der Waals surface area contributed by atoms with E-state index in [2.05, 4.69) is 69.6 Å². The van der Waals surface area contributed by atoms with E-state index in [-0.39, 0.29) is 0 Å². The van der Waals surface area contributed by atoms with Crippen LogP contribution in [0.3, 0.4) is 0 Å². The third-order valence-electron chi connectivity index (χ3n) is 5.02. The number of benzene rings is 2. The zero-order valence-electron chi connectivity index (χ0n) is 14.7. The summed E-state index contributed by atoms with van der Waals surface area (Å²) in [6.45, 7) is 0. The minimum absolute atomic E-state index is 0.447. The Hall–Kier alpha value is -2.53. The van der Waals surface area contributed by atoms with E-state index in [9.17, 15) is 0 Å². The van der Waals surface area contributed by atoms with E-state index in [0.717, 1.165) is 49.9 Å². The van der Waals surface area contributed by atoms with Crippen LogP contribution >= 0.6 is 12.2 Å². The van der Waals surface area contributed by atoms with Crippen molar-refractivity contribution < 1.29 is 0 Å². The summed E-state index contributed by atoms with van der Waals surface area (Å²) in [6, 6.07) is 17.1. The van der Waals surface area contributed by atoms with E-state index < -0.39 is 0 Å². The molecule has 0 atom stereocenters. The number of nitrogens with zero attached hydrogens (tertiary/aromatic N) is 2. The molecule has 132 valence electrons. The smallest absolute Gasteiger partial charge is 0.207 e. The second-order valence-electron chi connectivity index (χ2n) is 6.80. The van der Waals surface area contributed by atoms with Crippen LogP contribution in [-0.2, 0) is 25.7 Å². The van der Waals surface area contributed by atoms with Gasteiger partial charge in [0, 0.05) is 24.3 Å². The van der Waals surface area contributed by atoms with Crippen LogP contribution in [-0.4, -0.2) is 16.5 Å². The highest BCUT2D eigenvalue weighted by Crippen LogP contribution is 2.20. The minimum atomic E-state index is 0.447. The van der Waals surface area contributed by atoms with Gasteiger partial charge in [-0.3, -0.25) is 10.9 Å². The Morgan fingerprint density at radius 2 is 1.08 bits per heavy atom. The molecule has 2 aromatic rings. The van der Waals surface area contributed by atoms with Crippen molar-refractivity contribution in [3.63, 3.8) is 0 Å². The van der Waals surface area contributed by atoms with Gasteiger partial charge in [0.15, 0.2) is 0 Å². The molecule has 0 fully saturated rings. The highest BCUT2D eigenvalue weighted by molar-refractivity contribution is 7.80. The van der Waals surface area contributed by atoms with Gasteiger partial charge in [-0.25, -0.2) is 0 Å². The van der Waals surface area contributed by atoms with Crippen molar-refractivity contribution in [2.75, 3.05) is 0 Å². The number of hydrazone groups is 2. The zero-order valence-corrected chi connectivity index (χ0v) is 15.5. The van der Waals surface area contributed by atoms with Crippen LogP contribution in [0.4, 0.5) is 0 Å². The molecule has 0 saturated carbocycles. The monoisotopic (exact) mass is 362 g/mol. The highest BCUT2D eigenvalue weighted by Gasteiger charge is 2.14. The number of nitrogens with one attached hydrogen (secondary N) is 2. The van der Waals surface area contributed by atoms with Crippen LogP contribution in [0.2, 0.25) is 0 Å². The lowest BCUT2D eigenvalue weighted by Gasteiger charge is -2.18. The first-order chi connectivity index (χ1) is 12.8. The van der Waals surface area contributed by atoms with Crippen LogP contribution in [0.25, 0.3) is 0 Å². The summed E-state index contributed by atoms with van der Waals surface area (Å²) in [5.41, 5.74) is 13.7. The van der Waals surface area contributed by atoms with Gasteiger partial charge in [-0.05, 0) is 60.2 Å². The molecule has 0 bridgehead atoms. The number of hydrogen-bond donors (Lipinski definition) is 2. The van der Waals surface area contributed by atoms with E-state index in [4.69, 9.17) is 12.2 Å². The lowest BCUT2D eigenvalue weighted by atomic mass is 9.90. The van der Waals surface area contributed by atoms with Crippen LogP contribution < -0.4 is 10.9 Å². The molecule has 0 radical (unpaired) electrons. The molecule has 2 aliphatic rings. The number of thiocarbonyl (C=S) groups is 1. The Morgan fingerprint density at radius 1 is 0.654 bits per heavy atom. The Balaban J connectivity index is 1.31. The maximum atomic E-state index is 5.31. The van der Waals surface area contributed by atoms with Gasteiger partial charge in [-0.1, -0.05) is 48.5 Å². The minimum Gasteiger partial charge on any atom is -0.252 e. The molecule has 5 heteroatoms. The molecule has 0 saturated heterocycles. The Morgan fingerprint density at radius 3 is 1.54 bits per heavy atom. The van der Waals surface area contributed by atoms with Gasteiger partial charge >= 0.3 is 0 Å². The molecule has 0 aliphatic heterocycles. The fourth-order valence-electron chi connectivity index (χ4n) is 3.60. The average molecular weight is 363 g/mol. The van der Waals surface area contributed by atoms with Crippen molar-refractivity contribution in [3.8, 4) is 0 Å². The number of rotatable bonds is 2. The van der Waals surface area contributed by atoms with Crippen LogP contribution in [0.1, 0.15) is 35.1 Å². The van der Waals surface area contributed by atoms with E-state index >= 15 is 0 Å². The summed E-state index contributed by atoms with van der Waals surface area (Å²) in [5.74, 6) is 0. The van der Waals surface area contributed by atoms with Gasteiger partial charge in [-0.15, -0.1) is 0 Å². The lowest BCUT2D eigenvalue weighted by Crippen LogP contribution is -2.31. The van der Waals surface area contributed by atoms with Crippen molar-refractivity contribution in [3.05, 3.63) is 70.8 Å². The second kappa shape index (κ2) is 7.79. The van der Waals surface area contributed by atoms with Crippen molar-refractivity contribution in [2.24, 2.45) is 10.2 Å². The van der Waals surface area contributed by atoms with Gasteiger partial charge < -0.3 is 0 Å². The predicted octanol–water partition coefficient (Wildman–Crippen LogP) is 3.54. The highest BCUT2D eigenvalue weighted by atomic mass is 32.1. The molecule has 26 heavy (non-hydrogen) atoms. The van der Waals surface area contributed by atoms with Crippen molar-refractivity contribution in [1.29, 1.82) is 0 Å². The third kappa shape index (κ3) is 3.99. The standard InChI is InChI=1S/C21H22N4S/c26-21(24-22-19-11-9-15-5-1-3-7-17(15)13-19)25-23-20-12-10-16-6-2-4-8-18(16)14-20/h1-8H,9-14H2,(H2,24,25,26)/b22-19+,23-20+. The van der Waals surface area contributed by atoms with Crippen molar-refractivity contribution in [2.45, 2.75) is 38.5 Å². The molecule has 4 nitrogen and oxygen atoms in total. The summed E-state index contributed by atoms with van der Waals surface area (Å²) in [7, 11) is 0. The summed E-state index contributed by atoms with van der Waals surface area (Å²) in [4.78, 5) is 0. The SMILES string of the molecule is S=C(N/N=C1\CCc2ccccc2C1)N/N=C1\CCc2ccccc2C1. The first-order valence-electron chi connectivity index (χ1n) is 9.08. The maximum absolute atomic E-state index is 5.31. The summed E-state index contributed by atoms with van der Waals surface area (Å²) < 4.78 is 0. The van der Waals surface area contributed by atoms with Crippen LogP contribution in [0, 0.1) is 0 Å². The maximum Gasteiger partial charge on any atom is 0.207 e. The predicted molar refractivity (Wildman–Crippen MR) is 111 cm³/mol. The largest absolute Gasteiger partial charge is 0.252 e. The molecule has 0 amide bonds. The van der Waals surface area contributed by atoms with E-state index in [1.807, 2.05) is 0 Å². The van der Waals surface area contributed by atoms with Crippen molar-refractivity contribution >= 4 is 28.8 Å². The molecule has 4 rings (SSSR count). The molecule has 2 aromatic carbocycles. The number of aryl methyl sites for hydroxylation is 2. The summed E-state index contributed by atoms with van der Waals surface area (Å²) in [6.07, 6.45) is 5.79. The van der Waals surface area contributed by atoms with Gasteiger partial charge in [-0.2, -0.15) is 10.2 Å².